The van der Waals surface area contributed by atoms with Crippen LogP contribution in [0.1, 0.15) is 46.6 Å². The lowest BCUT2D eigenvalue weighted by Crippen LogP contribution is -2.10. The smallest absolute Gasteiger partial charge is 0.119 e. The predicted octanol–water partition coefficient (Wildman–Crippen LogP) is 4.03. The van der Waals surface area contributed by atoms with Crippen LogP contribution in [0.4, 0.5) is 0 Å². The van der Waals surface area contributed by atoms with Crippen LogP contribution in [0.25, 0.3) is 0 Å². The molecule has 0 aliphatic heterocycles. The molecule has 0 bridgehead atoms. The van der Waals surface area contributed by atoms with E-state index in [0.717, 1.165) is 12.2 Å². The Morgan fingerprint density at radius 1 is 1.12 bits per heavy atom. The molecule has 0 atom stereocenters. The highest BCUT2D eigenvalue weighted by Crippen LogP contribution is 2.14. The summed E-state index contributed by atoms with van der Waals surface area (Å²) < 4.78 is 5.42. The van der Waals surface area contributed by atoms with Crippen LogP contribution in [0.5, 0.6) is 5.75 Å². The Kier molecular flexibility index (Phi) is 16.2. The minimum atomic E-state index is 0.567. The van der Waals surface area contributed by atoms with E-state index in [1.165, 1.54) is 12.0 Å². The molecule has 1 aromatic rings. The first kappa shape index (κ1) is 18.3. The lowest BCUT2D eigenvalue weighted by atomic mass is 10.1. The second-order valence-electron chi connectivity index (χ2n) is 3.03. The quantitative estimate of drug-likeness (QED) is 0.842. The van der Waals surface area contributed by atoms with Crippen LogP contribution in [0.15, 0.2) is 24.3 Å². The van der Waals surface area contributed by atoms with Gasteiger partial charge in [-0.05, 0) is 24.1 Å². The standard InChI is InChI=1S/C11H17NO.2C2H6/c1-2-4-10-5-3-6-11(9-10)13-8-7-12;2*1-2/h3,5-6,9H,2,4,7-8,12H2,1H3;2*1-2H3. The fraction of sp³-hybridized carbons (Fsp3) is 0.600. The lowest BCUT2D eigenvalue weighted by Gasteiger charge is -2.05. The Labute approximate surface area is 107 Å². The Morgan fingerprint density at radius 3 is 2.29 bits per heavy atom. The Bertz CT molecular complexity index is 248. The van der Waals surface area contributed by atoms with Crippen molar-refractivity contribution in [3.8, 4) is 5.75 Å². The first-order chi connectivity index (χ1) is 8.36. The van der Waals surface area contributed by atoms with E-state index < -0.39 is 0 Å². The number of benzene rings is 1. The van der Waals surface area contributed by atoms with Crippen LogP contribution in [-0.2, 0) is 6.42 Å². The van der Waals surface area contributed by atoms with Gasteiger partial charge in [0.1, 0.15) is 12.4 Å². The molecule has 0 saturated carbocycles. The highest BCUT2D eigenvalue weighted by atomic mass is 16.5. The van der Waals surface area contributed by atoms with Crippen LogP contribution >= 0.6 is 0 Å². The number of aryl methyl sites for hydroxylation is 1. The average molecular weight is 239 g/mol. The average Bonchev–Trinajstić information content (AvgIpc) is 2.42. The van der Waals surface area contributed by atoms with Crippen LogP contribution in [-0.4, -0.2) is 13.2 Å². The molecule has 0 heterocycles. The minimum absolute atomic E-state index is 0.567. The van der Waals surface area contributed by atoms with Crippen molar-refractivity contribution in [1.82, 2.24) is 0 Å². The van der Waals surface area contributed by atoms with Crippen LogP contribution < -0.4 is 10.5 Å². The zero-order valence-electron chi connectivity index (χ0n) is 12.1. The van der Waals surface area contributed by atoms with Crippen molar-refractivity contribution in [3.05, 3.63) is 29.8 Å². The summed E-state index contributed by atoms with van der Waals surface area (Å²) in [5.74, 6) is 0.927. The molecular formula is C15H29NO. The zero-order chi connectivity index (χ0) is 13.5. The van der Waals surface area contributed by atoms with Crippen molar-refractivity contribution >= 4 is 0 Å². The van der Waals surface area contributed by atoms with Gasteiger partial charge in [-0.2, -0.15) is 0 Å². The van der Waals surface area contributed by atoms with Gasteiger partial charge in [0.25, 0.3) is 0 Å². The highest BCUT2D eigenvalue weighted by molar-refractivity contribution is 5.28. The van der Waals surface area contributed by atoms with Crippen molar-refractivity contribution < 1.29 is 4.74 Å². The molecule has 1 aromatic carbocycles. The summed E-state index contributed by atoms with van der Waals surface area (Å²) in [6.45, 7) is 11.3. The van der Waals surface area contributed by atoms with Gasteiger partial charge < -0.3 is 10.5 Å². The third-order valence-corrected chi connectivity index (χ3v) is 1.82. The van der Waals surface area contributed by atoms with E-state index in [-0.39, 0.29) is 0 Å². The van der Waals surface area contributed by atoms with Gasteiger partial charge >= 0.3 is 0 Å². The van der Waals surface area contributed by atoms with Crippen LogP contribution in [0.2, 0.25) is 0 Å². The molecule has 0 aromatic heterocycles. The summed E-state index contributed by atoms with van der Waals surface area (Å²) >= 11 is 0. The topological polar surface area (TPSA) is 35.2 Å². The Morgan fingerprint density at radius 2 is 1.76 bits per heavy atom. The van der Waals surface area contributed by atoms with E-state index >= 15 is 0 Å². The van der Waals surface area contributed by atoms with E-state index in [0.29, 0.717) is 13.2 Å². The van der Waals surface area contributed by atoms with Crippen LogP contribution in [0, 0.1) is 0 Å². The number of hydrogen-bond acceptors (Lipinski definition) is 2. The van der Waals surface area contributed by atoms with Crippen molar-refractivity contribution in [2.24, 2.45) is 5.73 Å². The monoisotopic (exact) mass is 239 g/mol. The van der Waals surface area contributed by atoms with Crippen molar-refractivity contribution in [1.29, 1.82) is 0 Å². The molecule has 0 unspecified atom stereocenters. The van der Waals surface area contributed by atoms with Crippen molar-refractivity contribution in [2.45, 2.75) is 47.5 Å². The fourth-order valence-electron chi connectivity index (χ4n) is 1.26. The highest BCUT2D eigenvalue weighted by Gasteiger charge is 1.94. The van der Waals surface area contributed by atoms with E-state index in [2.05, 4.69) is 19.1 Å². The molecular weight excluding hydrogens is 210 g/mol. The molecule has 2 heteroatoms. The maximum absolute atomic E-state index is 5.42. The first-order valence-corrected chi connectivity index (χ1v) is 6.78. The molecule has 0 amide bonds. The van der Waals surface area contributed by atoms with Gasteiger partial charge in [0, 0.05) is 6.54 Å². The zero-order valence-corrected chi connectivity index (χ0v) is 12.1. The summed E-state index contributed by atoms with van der Waals surface area (Å²) in [7, 11) is 0. The molecule has 0 radical (unpaired) electrons. The molecule has 0 fully saturated rings. The number of rotatable bonds is 5. The van der Waals surface area contributed by atoms with E-state index in [4.69, 9.17) is 10.5 Å². The third kappa shape index (κ3) is 9.88. The molecule has 100 valence electrons. The maximum Gasteiger partial charge on any atom is 0.119 e. The van der Waals surface area contributed by atoms with Crippen molar-refractivity contribution in [2.75, 3.05) is 13.2 Å². The summed E-state index contributed by atoms with van der Waals surface area (Å²) in [5, 5.41) is 0. The first-order valence-electron chi connectivity index (χ1n) is 6.78. The summed E-state index contributed by atoms with van der Waals surface area (Å²) in [4.78, 5) is 0. The van der Waals surface area contributed by atoms with E-state index in [1.807, 2.05) is 39.8 Å². The third-order valence-electron chi connectivity index (χ3n) is 1.82. The minimum Gasteiger partial charge on any atom is -0.492 e. The SMILES string of the molecule is CC.CC.CCCc1cccc(OCCN)c1. The summed E-state index contributed by atoms with van der Waals surface area (Å²) in [6, 6.07) is 8.20. The van der Waals surface area contributed by atoms with Crippen molar-refractivity contribution in [3.63, 3.8) is 0 Å². The van der Waals surface area contributed by atoms with Gasteiger partial charge in [0.05, 0.1) is 0 Å². The predicted molar refractivity (Wildman–Crippen MR) is 77.7 cm³/mol. The summed E-state index contributed by atoms with van der Waals surface area (Å²) in [6.07, 6.45) is 2.28. The van der Waals surface area contributed by atoms with Gasteiger partial charge in [-0.3, -0.25) is 0 Å². The Hall–Kier alpha value is -1.02. The normalized spacial score (nSPS) is 8.35. The number of hydrogen-bond donors (Lipinski definition) is 1. The lowest BCUT2D eigenvalue weighted by molar-refractivity contribution is 0.328. The van der Waals surface area contributed by atoms with E-state index in [9.17, 15) is 0 Å². The molecule has 2 N–H and O–H groups in total. The second kappa shape index (κ2) is 15.0. The molecule has 0 aliphatic rings. The number of nitrogens with two attached hydrogens (primary N) is 1. The molecule has 2 nitrogen and oxygen atoms in total. The van der Waals surface area contributed by atoms with Gasteiger partial charge in [0.2, 0.25) is 0 Å². The molecule has 17 heavy (non-hydrogen) atoms. The largest absolute Gasteiger partial charge is 0.492 e. The van der Waals surface area contributed by atoms with Gasteiger partial charge in [0.15, 0.2) is 0 Å². The molecule has 0 saturated heterocycles. The second-order valence-corrected chi connectivity index (χ2v) is 3.03. The van der Waals surface area contributed by atoms with Crippen LogP contribution in [0.3, 0.4) is 0 Å². The van der Waals surface area contributed by atoms with E-state index in [1.54, 1.807) is 0 Å². The number of ether oxygens (including phenoxy) is 1. The van der Waals surface area contributed by atoms with Gasteiger partial charge in [-0.25, -0.2) is 0 Å². The fourth-order valence-corrected chi connectivity index (χ4v) is 1.26. The van der Waals surface area contributed by atoms with Gasteiger partial charge in [-0.15, -0.1) is 0 Å². The maximum atomic E-state index is 5.42. The van der Waals surface area contributed by atoms with Gasteiger partial charge in [-0.1, -0.05) is 53.2 Å². The molecule has 0 spiro atoms. The summed E-state index contributed by atoms with van der Waals surface area (Å²) in [5.41, 5.74) is 6.68. The molecule has 1 rings (SSSR count). The Balaban J connectivity index is 0. The molecule has 0 aliphatic carbocycles.